The lowest BCUT2D eigenvalue weighted by Gasteiger charge is -2.24. The molecule has 94 valence electrons. The second-order valence-corrected chi connectivity index (χ2v) is 4.27. The molecule has 1 aliphatic rings. The monoisotopic (exact) mass is 242 g/mol. The van der Waals surface area contributed by atoms with E-state index in [0.29, 0.717) is 5.06 Å². The van der Waals surface area contributed by atoms with E-state index in [2.05, 4.69) is 10.2 Å². The lowest BCUT2D eigenvalue weighted by molar-refractivity contribution is -0.201. The number of nitrogens with zero attached hydrogens (tertiary/aromatic N) is 1. The molecule has 1 saturated heterocycles. The highest BCUT2D eigenvalue weighted by atomic mass is 16.7. The Labute approximate surface area is 98.0 Å². The molecule has 3 amide bonds. The first kappa shape index (κ1) is 13.1. The van der Waals surface area contributed by atoms with Gasteiger partial charge in [-0.3, -0.25) is 14.4 Å². The number of carbonyl (C=O) groups excluding carboxylic acids is 4. The van der Waals surface area contributed by atoms with Crippen molar-refractivity contribution in [3.63, 3.8) is 0 Å². The molecule has 0 aliphatic carbocycles. The van der Waals surface area contributed by atoms with Gasteiger partial charge in [0.15, 0.2) is 0 Å². The predicted molar refractivity (Wildman–Crippen MR) is 55.1 cm³/mol. The molecule has 0 saturated carbocycles. The molecule has 0 bridgehead atoms. The van der Waals surface area contributed by atoms with Gasteiger partial charge in [-0.05, 0) is 13.8 Å². The van der Waals surface area contributed by atoms with Crippen LogP contribution in [0.25, 0.3) is 0 Å². The summed E-state index contributed by atoms with van der Waals surface area (Å²) in [6.45, 7) is 4.09. The molecule has 0 unspecified atom stereocenters. The normalized spacial score (nSPS) is 16.1. The van der Waals surface area contributed by atoms with Gasteiger partial charge in [0, 0.05) is 19.8 Å². The minimum absolute atomic E-state index is 0.0344. The van der Waals surface area contributed by atoms with E-state index in [-0.39, 0.29) is 12.8 Å². The molecular formula is C10H14N2O5. The van der Waals surface area contributed by atoms with Crippen LogP contribution in [0.5, 0.6) is 0 Å². The smallest absolute Gasteiger partial charge is 0.341 e. The lowest BCUT2D eigenvalue weighted by Crippen LogP contribution is -2.52. The van der Waals surface area contributed by atoms with Gasteiger partial charge in [-0.1, -0.05) is 0 Å². The molecule has 0 atom stereocenters. The quantitative estimate of drug-likeness (QED) is 0.674. The van der Waals surface area contributed by atoms with Crippen LogP contribution in [0.1, 0.15) is 33.6 Å². The van der Waals surface area contributed by atoms with Crippen molar-refractivity contribution in [1.29, 1.82) is 0 Å². The highest BCUT2D eigenvalue weighted by molar-refractivity contribution is 6.02. The Balaban J connectivity index is 2.68. The van der Waals surface area contributed by atoms with Gasteiger partial charge in [-0.2, -0.15) is 0 Å². The first-order valence-corrected chi connectivity index (χ1v) is 5.11. The Hall–Kier alpha value is -1.92. The van der Waals surface area contributed by atoms with Crippen LogP contribution in [-0.2, 0) is 24.0 Å². The van der Waals surface area contributed by atoms with Crippen molar-refractivity contribution >= 4 is 23.7 Å². The van der Waals surface area contributed by atoms with Crippen molar-refractivity contribution in [2.24, 2.45) is 0 Å². The van der Waals surface area contributed by atoms with Gasteiger partial charge in [0.1, 0.15) is 5.54 Å². The topological polar surface area (TPSA) is 92.8 Å². The van der Waals surface area contributed by atoms with Gasteiger partial charge in [-0.15, -0.1) is 5.06 Å². The zero-order valence-electron chi connectivity index (χ0n) is 9.90. The van der Waals surface area contributed by atoms with Crippen molar-refractivity contribution in [3.05, 3.63) is 0 Å². The summed E-state index contributed by atoms with van der Waals surface area (Å²) in [5.74, 6) is -2.38. The number of imide groups is 1. The molecule has 1 aliphatic heterocycles. The molecule has 1 N–H and O–H groups in total. The summed E-state index contributed by atoms with van der Waals surface area (Å²) in [5, 5.41) is 2.81. The van der Waals surface area contributed by atoms with Gasteiger partial charge in [0.05, 0.1) is 0 Å². The standard InChI is InChI=1S/C10H14N2O5/c1-6(13)11-10(2,3)9(16)17-12-7(14)4-5-8(12)15/h4-5H2,1-3H3,(H,11,13). The van der Waals surface area contributed by atoms with Crippen LogP contribution in [0.2, 0.25) is 0 Å². The van der Waals surface area contributed by atoms with Gasteiger partial charge in [-0.25, -0.2) is 4.79 Å². The zero-order valence-corrected chi connectivity index (χ0v) is 9.90. The van der Waals surface area contributed by atoms with Gasteiger partial charge < -0.3 is 10.2 Å². The summed E-state index contributed by atoms with van der Waals surface area (Å²) >= 11 is 0. The molecule has 1 rings (SSSR count). The Morgan fingerprint density at radius 1 is 1.24 bits per heavy atom. The Kier molecular flexibility index (Phi) is 3.50. The van der Waals surface area contributed by atoms with E-state index in [9.17, 15) is 19.2 Å². The van der Waals surface area contributed by atoms with Crippen LogP contribution in [0.15, 0.2) is 0 Å². The van der Waals surface area contributed by atoms with E-state index < -0.39 is 29.2 Å². The summed E-state index contributed by atoms with van der Waals surface area (Å²) in [4.78, 5) is 49.6. The Bertz CT molecular complexity index is 372. The largest absolute Gasteiger partial charge is 0.357 e. The minimum atomic E-state index is -1.30. The van der Waals surface area contributed by atoms with E-state index in [1.54, 1.807) is 0 Å². The molecule has 0 aromatic rings. The third kappa shape index (κ3) is 3.02. The average Bonchev–Trinajstić information content (AvgIpc) is 2.47. The maximum Gasteiger partial charge on any atom is 0.357 e. The highest BCUT2D eigenvalue weighted by Crippen LogP contribution is 2.15. The molecule has 0 radical (unpaired) electrons. The van der Waals surface area contributed by atoms with Crippen LogP contribution in [0, 0.1) is 0 Å². The minimum Gasteiger partial charge on any atom is -0.341 e. The number of hydrogen-bond donors (Lipinski definition) is 1. The van der Waals surface area contributed by atoms with Crippen molar-refractivity contribution in [2.45, 2.75) is 39.2 Å². The van der Waals surface area contributed by atoms with Crippen LogP contribution in [-0.4, -0.2) is 34.3 Å². The van der Waals surface area contributed by atoms with Crippen LogP contribution in [0.4, 0.5) is 0 Å². The molecule has 7 nitrogen and oxygen atoms in total. The number of carbonyl (C=O) groups is 4. The summed E-state index contributed by atoms with van der Waals surface area (Å²) in [6.07, 6.45) is 0.0688. The highest BCUT2D eigenvalue weighted by Gasteiger charge is 2.38. The van der Waals surface area contributed by atoms with E-state index in [0.717, 1.165) is 0 Å². The second kappa shape index (κ2) is 4.52. The zero-order chi connectivity index (χ0) is 13.2. The molecule has 1 heterocycles. The third-order valence-corrected chi connectivity index (χ3v) is 2.18. The first-order chi connectivity index (χ1) is 7.74. The van der Waals surface area contributed by atoms with Gasteiger partial charge in [0.2, 0.25) is 5.91 Å². The molecule has 0 spiro atoms. The number of amides is 3. The Morgan fingerprint density at radius 2 is 1.71 bits per heavy atom. The molecule has 7 heteroatoms. The summed E-state index contributed by atoms with van der Waals surface area (Å²) in [5.41, 5.74) is -1.30. The second-order valence-electron chi connectivity index (χ2n) is 4.27. The number of hydrogen-bond acceptors (Lipinski definition) is 5. The van der Waals surface area contributed by atoms with Gasteiger partial charge >= 0.3 is 5.97 Å². The number of nitrogens with one attached hydrogen (secondary N) is 1. The average molecular weight is 242 g/mol. The summed E-state index contributed by atoms with van der Waals surface area (Å²) in [7, 11) is 0. The van der Waals surface area contributed by atoms with E-state index >= 15 is 0 Å². The fraction of sp³-hybridized carbons (Fsp3) is 0.600. The lowest BCUT2D eigenvalue weighted by atomic mass is 10.1. The molecule has 0 aromatic heterocycles. The summed E-state index contributed by atoms with van der Waals surface area (Å²) in [6, 6.07) is 0. The molecule has 1 fully saturated rings. The fourth-order valence-electron chi connectivity index (χ4n) is 1.35. The van der Waals surface area contributed by atoms with Crippen LogP contribution >= 0.6 is 0 Å². The number of hydroxylamine groups is 2. The Morgan fingerprint density at radius 3 is 2.12 bits per heavy atom. The van der Waals surface area contributed by atoms with E-state index in [1.807, 2.05) is 0 Å². The maximum atomic E-state index is 11.7. The van der Waals surface area contributed by atoms with Crippen LogP contribution < -0.4 is 5.32 Å². The van der Waals surface area contributed by atoms with Crippen molar-refractivity contribution < 1.29 is 24.0 Å². The predicted octanol–water partition coefficient (Wildman–Crippen LogP) is -0.492. The first-order valence-electron chi connectivity index (χ1n) is 5.11. The molecular weight excluding hydrogens is 228 g/mol. The fourth-order valence-corrected chi connectivity index (χ4v) is 1.35. The van der Waals surface area contributed by atoms with Crippen molar-refractivity contribution in [1.82, 2.24) is 10.4 Å². The third-order valence-electron chi connectivity index (χ3n) is 2.18. The molecule has 17 heavy (non-hydrogen) atoms. The van der Waals surface area contributed by atoms with E-state index in [4.69, 9.17) is 0 Å². The SMILES string of the molecule is CC(=O)NC(C)(C)C(=O)ON1C(=O)CCC1=O. The van der Waals surface area contributed by atoms with E-state index in [1.165, 1.54) is 20.8 Å². The maximum absolute atomic E-state index is 11.7. The summed E-state index contributed by atoms with van der Waals surface area (Å²) < 4.78 is 0. The number of rotatable bonds is 3. The molecule has 0 aromatic carbocycles. The van der Waals surface area contributed by atoms with Crippen LogP contribution in [0.3, 0.4) is 0 Å². The van der Waals surface area contributed by atoms with Crippen molar-refractivity contribution in [3.8, 4) is 0 Å². The van der Waals surface area contributed by atoms with Crippen molar-refractivity contribution in [2.75, 3.05) is 0 Å². The van der Waals surface area contributed by atoms with Gasteiger partial charge in [0.25, 0.3) is 11.8 Å².